The Labute approximate surface area is 174 Å². The molecule has 0 radical (unpaired) electrons. The maximum Gasteiger partial charge on any atom is 0.416 e. The van der Waals surface area contributed by atoms with E-state index in [1.165, 1.54) is 18.2 Å². The maximum absolute atomic E-state index is 13.0. The van der Waals surface area contributed by atoms with Crippen LogP contribution >= 0.6 is 23.4 Å². The molecule has 154 valence electrons. The van der Waals surface area contributed by atoms with E-state index in [0.29, 0.717) is 6.54 Å². The summed E-state index contributed by atoms with van der Waals surface area (Å²) < 4.78 is 44.4. The minimum Gasteiger partial charge on any atom is -0.457 e. The molecule has 1 aromatic carbocycles. The summed E-state index contributed by atoms with van der Waals surface area (Å²) >= 11 is 6.81. The van der Waals surface area contributed by atoms with Gasteiger partial charge in [0, 0.05) is 24.7 Å². The average Bonchev–Trinajstić information content (AvgIpc) is 3.18. The molecule has 2 aromatic rings. The molecule has 0 bridgehead atoms. The second kappa shape index (κ2) is 8.25. The minimum atomic E-state index is -4.51. The smallest absolute Gasteiger partial charge is 0.416 e. The number of likely N-dealkylation sites (N-methyl/N-ethyl adjacent to an activating group) is 1. The van der Waals surface area contributed by atoms with Gasteiger partial charge in [-0.25, -0.2) is 0 Å². The van der Waals surface area contributed by atoms with E-state index in [1.807, 2.05) is 19.0 Å². The van der Waals surface area contributed by atoms with Crippen molar-refractivity contribution in [1.29, 1.82) is 0 Å². The molecule has 10 heteroatoms. The van der Waals surface area contributed by atoms with Crippen LogP contribution in [-0.4, -0.2) is 48.1 Å². The van der Waals surface area contributed by atoms with Gasteiger partial charge in [-0.3, -0.25) is 14.5 Å². The second-order valence-corrected chi connectivity index (χ2v) is 7.93. The zero-order valence-corrected chi connectivity index (χ0v) is 17.0. The summed E-state index contributed by atoms with van der Waals surface area (Å²) in [5.74, 6) is -0.0809. The number of imide groups is 1. The van der Waals surface area contributed by atoms with Crippen LogP contribution in [0.4, 0.5) is 18.0 Å². The summed E-state index contributed by atoms with van der Waals surface area (Å²) in [5, 5.41) is -0.279. The van der Waals surface area contributed by atoms with Crippen LogP contribution in [0.2, 0.25) is 5.02 Å². The normalized spacial score (nSPS) is 16.5. The van der Waals surface area contributed by atoms with Gasteiger partial charge in [0.05, 0.1) is 15.5 Å². The van der Waals surface area contributed by atoms with Crippen LogP contribution in [-0.2, 0) is 11.0 Å². The molecule has 2 heterocycles. The first-order chi connectivity index (χ1) is 13.6. The van der Waals surface area contributed by atoms with Crippen molar-refractivity contribution in [2.24, 2.45) is 0 Å². The first-order valence-corrected chi connectivity index (χ1v) is 9.63. The first kappa shape index (κ1) is 21.5. The van der Waals surface area contributed by atoms with Crippen molar-refractivity contribution in [3.8, 4) is 11.3 Å². The summed E-state index contributed by atoms with van der Waals surface area (Å²) in [6.45, 7) is 0.794. The number of hydrogen-bond donors (Lipinski definition) is 0. The number of hydrogen-bond acceptors (Lipinski definition) is 5. The molecule has 0 spiro atoms. The Morgan fingerprint density at radius 2 is 1.93 bits per heavy atom. The molecule has 0 atom stereocenters. The van der Waals surface area contributed by atoms with Crippen LogP contribution in [0.15, 0.2) is 39.7 Å². The molecule has 29 heavy (non-hydrogen) atoms. The average molecular weight is 445 g/mol. The number of halogens is 4. The molecule has 1 aliphatic heterocycles. The predicted molar refractivity (Wildman–Crippen MR) is 105 cm³/mol. The van der Waals surface area contributed by atoms with Gasteiger partial charge in [-0.1, -0.05) is 11.6 Å². The van der Waals surface area contributed by atoms with E-state index in [0.717, 1.165) is 34.9 Å². The zero-order chi connectivity index (χ0) is 21.3. The summed E-state index contributed by atoms with van der Waals surface area (Å²) in [5.41, 5.74) is -0.767. The highest BCUT2D eigenvalue weighted by atomic mass is 35.5. The van der Waals surface area contributed by atoms with Crippen LogP contribution in [0.25, 0.3) is 17.4 Å². The van der Waals surface area contributed by atoms with E-state index in [1.54, 1.807) is 0 Å². The number of carbonyl (C=O) groups is 2. The van der Waals surface area contributed by atoms with E-state index in [-0.39, 0.29) is 38.8 Å². The van der Waals surface area contributed by atoms with Crippen molar-refractivity contribution < 1.29 is 27.2 Å². The second-order valence-electron chi connectivity index (χ2n) is 6.53. The fourth-order valence-electron chi connectivity index (χ4n) is 2.59. The molecule has 1 saturated heterocycles. The fourth-order valence-corrected chi connectivity index (χ4v) is 3.64. The lowest BCUT2D eigenvalue weighted by Gasteiger charge is -2.15. The van der Waals surface area contributed by atoms with Crippen LogP contribution in [0, 0.1) is 0 Å². The van der Waals surface area contributed by atoms with Gasteiger partial charge in [0.15, 0.2) is 0 Å². The number of rotatable bonds is 5. The van der Waals surface area contributed by atoms with Gasteiger partial charge in [0.25, 0.3) is 11.1 Å². The Balaban J connectivity index is 1.84. The third-order valence-electron chi connectivity index (χ3n) is 4.10. The molecule has 3 rings (SSSR count). The van der Waals surface area contributed by atoms with Crippen molar-refractivity contribution in [2.45, 2.75) is 6.18 Å². The third kappa shape index (κ3) is 4.85. The van der Waals surface area contributed by atoms with Gasteiger partial charge in [-0.2, -0.15) is 13.2 Å². The molecule has 5 nitrogen and oxygen atoms in total. The monoisotopic (exact) mass is 444 g/mol. The van der Waals surface area contributed by atoms with E-state index in [9.17, 15) is 22.8 Å². The van der Waals surface area contributed by atoms with Gasteiger partial charge in [-0.05, 0) is 56.2 Å². The van der Waals surface area contributed by atoms with Crippen LogP contribution < -0.4 is 0 Å². The van der Waals surface area contributed by atoms with Gasteiger partial charge in [0.2, 0.25) is 0 Å². The predicted octanol–water partition coefficient (Wildman–Crippen LogP) is 5.22. The summed E-state index contributed by atoms with van der Waals surface area (Å²) in [6, 6.07) is 5.90. The number of thioether (sulfide) groups is 1. The fraction of sp³-hybridized carbons (Fsp3) is 0.263. The standard InChI is InChI=1S/C19H16ClF3N2O3S/c1-24(2)7-8-25-17(26)16(29-18(25)27)10-12-4-6-15(28-12)13-9-11(19(21,22)23)3-5-14(13)20/h3-6,9-10H,7-8H2,1-2H3/b16-10-. The Bertz CT molecular complexity index is 985. The number of carbonyl (C=O) groups excluding carboxylic acids is 2. The number of alkyl halides is 3. The summed E-state index contributed by atoms with van der Waals surface area (Å²) in [6.07, 6.45) is -3.12. The molecule has 0 saturated carbocycles. The SMILES string of the molecule is CN(C)CCN1C(=O)S/C(=C\c2ccc(-c3cc(C(F)(F)F)ccc3Cl)o2)C1=O. The molecule has 1 fully saturated rings. The van der Waals surface area contributed by atoms with Crippen molar-refractivity contribution in [2.75, 3.05) is 27.2 Å². The Morgan fingerprint density at radius 1 is 1.21 bits per heavy atom. The summed E-state index contributed by atoms with van der Waals surface area (Å²) in [7, 11) is 3.66. The van der Waals surface area contributed by atoms with E-state index < -0.39 is 17.6 Å². The largest absolute Gasteiger partial charge is 0.457 e. The van der Waals surface area contributed by atoms with Gasteiger partial charge < -0.3 is 9.32 Å². The van der Waals surface area contributed by atoms with Crippen LogP contribution in [0.5, 0.6) is 0 Å². The van der Waals surface area contributed by atoms with Crippen LogP contribution in [0.3, 0.4) is 0 Å². The highest BCUT2D eigenvalue weighted by Crippen LogP contribution is 2.37. The highest BCUT2D eigenvalue weighted by Gasteiger charge is 2.35. The maximum atomic E-state index is 13.0. The molecular weight excluding hydrogens is 429 g/mol. The first-order valence-electron chi connectivity index (χ1n) is 8.43. The topological polar surface area (TPSA) is 53.8 Å². The van der Waals surface area contributed by atoms with Crippen molar-refractivity contribution >= 4 is 40.6 Å². The number of amides is 2. The Hall–Kier alpha value is -2.23. The van der Waals surface area contributed by atoms with Crippen molar-refractivity contribution in [3.63, 3.8) is 0 Å². The molecule has 0 unspecified atom stereocenters. The van der Waals surface area contributed by atoms with Crippen molar-refractivity contribution in [1.82, 2.24) is 9.80 Å². The van der Waals surface area contributed by atoms with E-state index >= 15 is 0 Å². The molecule has 1 aromatic heterocycles. The molecule has 1 aliphatic rings. The van der Waals surface area contributed by atoms with Gasteiger partial charge in [0.1, 0.15) is 11.5 Å². The lowest BCUT2D eigenvalue weighted by molar-refractivity contribution is -0.137. The number of benzene rings is 1. The summed E-state index contributed by atoms with van der Waals surface area (Å²) in [4.78, 5) is 27.7. The molecule has 0 aliphatic carbocycles. The van der Waals surface area contributed by atoms with E-state index in [2.05, 4.69) is 0 Å². The lowest BCUT2D eigenvalue weighted by atomic mass is 10.1. The quantitative estimate of drug-likeness (QED) is 0.592. The molecular formula is C19H16ClF3N2O3S. The lowest BCUT2D eigenvalue weighted by Crippen LogP contribution is -2.34. The number of furan rings is 1. The van der Waals surface area contributed by atoms with Gasteiger partial charge in [-0.15, -0.1) is 0 Å². The minimum absolute atomic E-state index is 0.0835. The Kier molecular flexibility index (Phi) is 6.11. The number of nitrogens with zero attached hydrogens (tertiary/aromatic N) is 2. The van der Waals surface area contributed by atoms with Crippen molar-refractivity contribution in [3.05, 3.63) is 51.6 Å². The highest BCUT2D eigenvalue weighted by molar-refractivity contribution is 8.18. The van der Waals surface area contributed by atoms with Gasteiger partial charge >= 0.3 is 6.18 Å². The van der Waals surface area contributed by atoms with E-state index in [4.69, 9.17) is 16.0 Å². The Morgan fingerprint density at radius 3 is 2.59 bits per heavy atom. The zero-order valence-electron chi connectivity index (χ0n) is 15.4. The molecule has 0 N–H and O–H groups in total. The molecule has 2 amide bonds. The van der Waals surface area contributed by atoms with Crippen LogP contribution in [0.1, 0.15) is 11.3 Å². The third-order valence-corrected chi connectivity index (χ3v) is 5.34.